The van der Waals surface area contributed by atoms with Crippen LogP contribution in [0.15, 0.2) is 4.52 Å². The molecular weight excluding hydrogens is 208 g/mol. The molecule has 0 saturated carbocycles. The minimum atomic E-state index is -0.631. The molecule has 0 aliphatic rings. The zero-order valence-corrected chi connectivity index (χ0v) is 10.4. The predicted molar refractivity (Wildman–Crippen MR) is 59.0 cm³/mol. The van der Waals surface area contributed by atoms with Crippen LogP contribution in [0, 0.1) is 0 Å². The number of aliphatic hydroxyl groups excluding tert-OH is 1. The van der Waals surface area contributed by atoms with Gasteiger partial charge in [0.25, 0.3) is 0 Å². The van der Waals surface area contributed by atoms with Gasteiger partial charge in [0, 0.05) is 7.11 Å². The molecule has 5 heteroatoms. The quantitative estimate of drug-likeness (QED) is 0.805. The van der Waals surface area contributed by atoms with Crippen molar-refractivity contribution in [2.75, 3.05) is 7.11 Å². The van der Waals surface area contributed by atoms with E-state index in [1.54, 1.807) is 7.11 Å². The van der Waals surface area contributed by atoms with Gasteiger partial charge in [-0.3, -0.25) is 0 Å². The van der Waals surface area contributed by atoms with E-state index in [1.165, 1.54) is 0 Å². The summed E-state index contributed by atoms with van der Waals surface area (Å²) in [6.45, 7) is 5.89. The number of methoxy groups -OCH3 is 1. The SMILES string of the molecule is CCCC(O)c1noc(CC(C)(C)OC)n1. The van der Waals surface area contributed by atoms with Gasteiger partial charge in [-0.2, -0.15) is 4.98 Å². The molecule has 0 amide bonds. The number of aliphatic hydroxyl groups is 1. The normalized spacial score (nSPS) is 14.1. The lowest BCUT2D eigenvalue weighted by molar-refractivity contribution is 0.0170. The van der Waals surface area contributed by atoms with E-state index < -0.39 is 6.10 Å². The Balaban J connectivity index is 2.64. The van der Waals surface area contributed by atoms with Gasteiger partial charge in [0.15, 0.2) is 5.82 Å². The number of ether oxygens (including phenoxy) is 1. The van der Waals surface area contributed by atoms with Gasteiger partial charge in [0.05, 0.1) is 12.0 Å². The van der Waals surface area contributed by atoms with Crippen LogP contribution in [0.2, 0.25) is 0 Å². The maximum Gasteiger partial charge on any atom is 0.229 e. The molecule has 5 nitrogen and oxygen atoms in total. The standard InChI is InChI=1S/C11H20N2O3/c1-5-6-8(14)10-12-9(16-13-10)7-11(2,3)15-4/h8,14H,5-7H2,1-4H3. The summed E-state index contributed by atoms with van der Waals surface area (Å²) in [5.74, 6) is 0.862. The number of hydrogen-bond acceptors (Lipinski definition) is 5. The lowest BCUT2D eigenvalue weighted by Gasteiger charge is -2.19. The van der Waals surface area contributed by atoms with E-state index in [-0.39, 0.29) is 5.60 Å². The van der Waals surface area contributed by atoms with Gasteiger partial charge in [-0.05, 0) is 20.3 Å². The maximum atomic E-state index is 9.67. The van der Waals surface area contributed by atoms with Crippen LogP contribution in [0.1, 0.15) is 51.4 Å². The topological polar surface area (TPSA) is 68.4 Å². The van der Waals surface area contributed by atoms with Crippen molar-refractivity contribution in [2.45, 2.75) is 51.7 Å². The van der Waals surface area contributed by atoms with Crippen molar-refractivity contribution in [1.29, 1.82) is 0 Å². The van der Waals surface area contributed by atoms with Crippen molar-refractivity contribution < 1.29 is 14.4 Å². The van der Waals surface area contributed by atoms with Gasteiger partial charge in [0.1, 0.15) is 6.10 Å². The number of hydrogen-bond donors (Lipinski definition) is 1. The highest BCUT2D eigenvalue weighted by Gasteiger charge is 2.22. The number of aromatic nitrogens is 2. The van der Waals surface area contributed by atoms with Crippen LogP contribution in [0.25, 0.3) is 0 Å². The van der Waals surface area contributed by atoms with Crippen molar-refractivity contribution in [3.63, 3.8) is 0 Å². The third-order valence-electron chi connectivity index (χ3n) is 2.47. The summed E-state index contributed by atoms with van der Waals surface area (Å²) in [7, 11) is 1.64. The van der Waals surface area contributed by atoms with E-state index in [0.717, 1.165) is 6.42 Å². The smallest absolute Gasteiger partial charge is 0.229 e. The largest absolute Gasteiger partial charge is 0.385 e. The van der Waals surface area contributed by atoms with E-state index in [9.17, 15) is 5.11 Å². The molecule has 0 fully saturated rings. The maximum absolute atomic E-state index is 9.67. The highest BCUT2D eigenvalue weighted by atomic mass is 16.5. The Morgan fingerprint density at radius 3 is 2.75 bits per heavy atom. The van der Waals surface area contributed by atoms with Crippen LogP contribution in [-0.4, -0.2) is 28.0 Å². The zero-order chi connectivity index (χ0) is 12.2. The first-order valence-electron chi connectivity index (χ1n) is 5.54. The van der Waals surface area contributed by atoms with E-state index in [1.807, 2.05) is 20.8 Å². The minimum Gasteiger partial charge on any atom is -0.385 e. The van der Waals surface area contributed by atoms with Gasteiger partial charge in [0.2, 0.25) is 5.89 Å². The van der Waals surface area contributed by atoms with Crippen LogP contribution < -0.4 is 0 Å². The summed E-state index contributed by atoms with van der Waals surface area (Å²) >= 11 is 0. The highest BCUT2D eigenvalue weighted by Crippen LogP contribution is 2.18. The average molecular weight is 228 g/mol. The summed E-state index contributed by atoms with van der Waals surface area (Å²) in [6.07, 6.45) is 1.43. The molecular formula is C11H20N2O3. The molecule has 92 valence electrons. The molecule has 1 rings (SSSR count). The molecule has 1 N–H and O–H groups in total. The lowest BCUT2D eigenvalue weighted by Crippen LogP contribution is -2.25. The molecule has 0 aromatic carbocycles. The van der Waals surface area contributed by atoms with E-state index in [0.29, 0.717) is 24.6 Å². The molecule has 1 aromatic rings. The highest BCUT2D eigenvalue weighted by molar-refractivity contribution is 4.93. The van der Waals surface area contributed by atoms with Gasteiger partial charge >= 0.3 is 0 Å². The molecule has 1 heterocycles. The minimum absolute atomic E-state index is 0.334. The lowest BCUT2D eigenvalue weighted by atomic mass is 10.1. The second-order valence-corrected chi connectivity index (χ2v) is 4.49. The van der Waals surface area contributed by atoms with Crippen LogP contribution in [-0.2, 0) is 11.2 Å². The number of rotatable bonds is 6. The Labute approximate surface area is 95.8 Å². The van der Waals surface area contributed by atoms with Crippen LogP contribution in [0.5, 0.6) is 0 Å². The van der Waals surface area contributed by atoms with Crippen LogP contribution >= 0.6 is 0 Å². The van der Waals surface area contributed by atoms with Crippen molar-refractivity contribution in [2.24, 2.45) is 0 Å². The zero-order valence-electron chi connectivity index (χ0n) is 10.4. The van der Waals surface area contributed by atoms with Gasteiger partial charge < -0.3 is 14.4 Å². The summed E-state index contributed by atoms with van der Waals surface area (Å²) in [6, 6.07) is 0. The van der Waals surface area contributed by atoms with Gasteiger partial charge in [-0.15, -0.1) is 0 Å². The molecule has 0 bridgehead atoms. The Morgan fingerprint density at radius 2 is 2.19 bits per heavy atom. The number of nitrogens with zero attached hydrogens (tertiary/aromatic N) is 2. The Bertz CT molecular complexity index is 323. The Morgan fingerprint density at radius 1 is 1.50 bits per heavy atom. The molecule has 0 aliphatic heterocycles. The first-order chi connectivity index (χ1) is 7.48. The van der Waals surface area contributed by atoms with Crippen molar-refractivity contribution in [1.82, 2.24) is 10.1 Å². The predicted octanol–water partition coefficient (Wildman–Crippen LogP) is 1.87. The second-order valence-electron chi connectivity index (χ2n) is 4.49. The van der Waals surface area contributed by atoms with E-state index in [4.69, 9.17) is 9.26 Å². The summed E-state index contributed by atoms with van der Waals surface area (Å²) in [5, 5.41) is 13.4. The average Bonchev–Trinajstić information content (AvgIpc) is 2.66. The van der Waals surface area contributed by atoms with Gasteiger partial charge in [-0.25, -0.2) is 0 Å². The molecule has 1 aromatic heterocycles. The van der Waals surface area contributed by atoms with Gasteiger partial charge in [-0.1, -0.05) is 18.5 Å². The first-order valence-corrected chi connectivity index (χ1v) is 5.54. The molecule has 16 heavy (non-hydrogen) atoms. The monoisotopic (exact) mass is 228 g/mol. The van der Waals surface area contributed by atoms with E-state index >= 15 is 0 Å². The third kappa shape index (κ3) is 3.57. The summed E-state index contributed by atoms with van der Waals surface area (Å²) in [4.78, 5) is 4.15. The fourth-order valence-electron chi connectivity index (χ4n) is 1.31. The molecule has 1 atom stereocenters. The molecule has 0 radical (unpaired) electrons. The van der Waals surface area contributed by atoms with Crippen molar-refractivity contribution >= 4 is 0 Å². The van der Waals surface area contributed by atoms with Crippen molar-refractivity contribution in [3.05, 3.63) is 11.7 Å². The molecule has 0 saturated heterocycles. The Kier molecular flexibility index (Phi) is 4.44. The Hall–Kier alpha value is -0.940. The summed E-state index contributed by atoms with van der Waals surface area (Å²) in [5.41, 5.74) is -0.334. The second kappa shape index (κ2) is 5.41. The van der Waals surface area contributed by atoms with Crippen LogP contribution in [0.4, 0.5) is 0 Å². The van der Waals surface area contributed by atoms with Crippen molar-refractivity contribution in [3.8, 4) is 0 Å². The molecule has 0 spiro atoms. The first kappa shape index (κ1) is 13.1. The van der Waals surface area contributed by atoms with Crippen LogP contribution in [0.3, 0.4) is 0 Å². The van der Waals surface area contributed by atoms with E-state index in [2.05, 4.69) is 10.1 Å². The fourth-order valence-corrected chi connectivity index (χ4v) is 1.31. The summed E-state index contributed by atoms with van der Waals surface area (Å²) < 4.78 is 10.3. The fraction of sp³-hybridized carbons (Fsp3) is 0.818. The third-order valence-corrected chi connectivity index (χ3v) is 2.47. The molecule has 0 aliphatic carbocycles. The molecule has 1 unspecified atom stereocenters.